The second-order valence-electron chi connectivity index (χ2n) is 9.15. The average Bonchev–Trinajstić information content (AvgIpc) is 3.26. The van der Waals surface area contributed by atoms with E-state index < -0.39 is 11.2 Å². The maximum absolute atomic E-state index is 10.3. The van der Waals surface area contributed by atoms with Crippen molar-refractivity contribution in [2.45, 2.75) is 38.9 Å². The van der Waals surface area contributed by atoms with Crippen LogP contribution in [0.3, 0.4) is 0 Å². The van der Waals surface area contributed by atoms with Crippen LogP contribution in [0.2, 0.25) is 0 Å². The van der Waals surface area contributed by atoms with Crippen molar-refractivity contribution in [1.82, 2.24) is 15.3 Å². The Bertz CT molecular complexity index is 1440. The van der Waals surface area contributed by atoms with E-state index in [2.05, 4.69) is 22.4 Å². The SMILES string of the molecule is CC(C)(O)C(C)(C)OBc1ccc(-c2nc3ccccc3c3c2ccc2nonc23)cc1. The van der Waals surface area contributed by atoms with Crippen LogP contribution in [0.25, 0.3) is 44.0 Å². The number of benzene rings is 3. The third-order valence-corrected chi connectivity index (χ3v) is 6.39. The third-order valence-electron chi connectivity index (χ3n) is 6.39. The van der Waals surface area contributed by atoms with Crippen LogP contribution in [0.15, 0.2) is 65.3 Å². The van der Waals surface area contributed by atoms with Gasteiger partial charge in [-0.05, 0) is 56.2 Å². The molecule has 160 valence electrons. The lowest BCUT2D eigenvalue weighted by Gasteiger charge is -2.37. The maximum Gasteiger partial charge on any atom is 0.309 e. The Labute approximate surface area is 186 Å². The van der Waals surface area contributed by atoms with Crippen LogP contribution < -0.4 is 5.46 Å². The molecule has 0 fully saturated rings. The van der Waals surface area contributed by atoms with E-state index >= 15 is 0 Å². The summed E-state index contributed by atoms with van der Waals surface area (Å²) in [5.74, 6) is 0. The van der Waals surface area contributed by atoms with Crippen LogP contribution in [-0.4, -0.2) is 39.1 Å². The molecule has 32 heavy (non-hydrogen) atoms. The summed E-state index contributed by atoms with van der Waals surface area (Å²) in [6.45, 7) is 7.31. The minimum atomic E-state index is -0.942. The van der Waals surface area contributed by atoms with Gasteiger partial charge in [0.2, 0.25) is 0 Å². The summed E-state index contributed by atoms with van der Waals surface area (Å²) in [6.07, 6.45) is 0. The first kappa shape index (κ1) is 20.6. The lowest BCUT2D eigenvalue weighted by atomic mass is 9.82. The fourth-order valence-electron chi connectivity index (χ4n) is 3.70. The van der Waals surface area contributed by atoms with Crippen molar-refractivity contribution in [3.63, 3.8) is 0 Å². The predicted molar refractivity (Wildman–Crippen MR) is 128 cm³/mol. The minimum Gasteiger partial charge on any atom is -0.427 e. The maximum atomic E-state index is 10.3. The van der Waals surface area contributed by atoms with Crippen molar-refractivity contribution >= 4 is 45.7 Å². The number of rotatable bonds is 5. The second-order valence-corrected chi connectivity index (χ2v) is 9.15. The van der Waals surface area contributed by atoms with Gasteiger partial charge in [-0.25, -0.2) is 9.61 Å². The Balaban J connectivity index is 1.57. The van der Waals surface area contributed by atoms with Crippen LogP contribution in [0.1, 0.15) is 27.7 Å². The van der Waals surface area contributed by atoms with Crippen molar-refractivity contribution in [3.8, 4) is 11.3 Å². The van der Waals surface area contributed by atoms with Crippen LogP contribution >= 0.6 is 0 Å². The molecule has 0 aliphatic heterocycles. The van der Waals surface area contributed by atoms with Crippen molar-refractivity contribution in [2.24, 2.45) is 0 Å². The molecular formula is C25H24BN3O3. The number of nitrogens with zero attached hydrogens (tertiary/aromatic N) is 3. The molecule has 0 atom stereocenters. The van der Waals surface area contributed by atoms with Crippen molar-refractivity contribution < 1.29 is 14.4 Å². The van der Waals surface area contributed by atoms with Crippen molar-refractivity contribution in [3.05, 3.63) is 60.7 Å². The van der Waals surface area contributed by atoms with Gasteiger partial charge in [0.05, 0.1) is 22.4 Å². The summed E-state index contributed by atoms with van der Waals surface area (Å²) in [6, 6.07) is 20.2. The highest BCUT2D eigenvalue weighted by molar-refractivity contribution is 6.47. The lowest BCUT2D eigenvalue weighted by molar-refractivity contribution is -0.0893. The molecule has 1 N–H and O–H groups in total. The van der Waals surface area contributed by atoms with Gasteiger partial charge in [0, 0.05) is 21.7 Å². The van der Waals surface area contributed by atoms with Gasteiger partial charge >= 0.3 is 7.48 Å². The third kappa shape index (κ3) is 3.43. The molecule has 0 unspecified atom stereocenters. The van der Waals surface area contributed by atoms with Gasteiger partial charge in [-0.2, -0.15) is 0 Å². The molecule has 0 aliphatic carbocycles. The Morgan fingerprint density at radius 2 is 1.59 bits per heavy atom. The minimum absolute atomic E-state index is 0.411. The van der Waals surface area contributed by atoms with Gasteiger partial charge in [0.15, 0.2) is 0 Å². The highest BCUT2D eigenvalue weighted by Crippen LogP contribution is 2.35. The van der Waals surface area contributed by atoms with E-state index in [1.54, 1.807) is 13.8 Å². The standard InChI is InChI=1S/C25H24BN3O3/c1-24(2,30)25(3,4)31-26-16-11-9-15(10-12-16)22-18-13-14-20-23(29-32-28-20)21(18)17-7-5-6-8-19(17)27-22/h5-14,26,30H,1-4H3. The first-order chi connectivity index (χ1) is 15.2. The molecule has 7 heteroatoms. The van der Waals surface area contributed by atoms with Gasteiger partial charge in [-0.15, -0.1) is 0 Å². The molecular weight excluding hydrogens is 401 g/mol. The number of fused-ring (bicyclic) bond motifs is 5. The summed E-state index contributed by atoms with van der Waals surface area (Å²) in [5, 5.41) is 21.5. The normalized spacial score (nSPS) is 12.7. The van der Waals surface area contributed by atoms with E-state index in [1.165, 1.54) is 0 Å². The number of aromatic nitrogens is 3. The molecule has 2 aromatic heterocycles. The topological polar surface area (TPSA) is 81.3 Å². The lowest BCUT2D eigenvalue weighted by Crippen LogP contribution is -2.49. The van der Waals surface area contributed by atoms with Crippen LogP contribution in [-0.2, 0) is 4.65 Å². The zero-order valence-corrected chi connectivity index (χ0v) is 18.6. The number of hydrogen-bond acceptors (Lipinski definition) is 6. The van der Waals surface area contributed by atoms with E-state index in [0.29, 0.717) is 7.48 Å². The number of aliphatic hydroxyl groups is 1. The molecule has 0 aliphatic rings. The monoisotopic (exact) mass is 425 g/mol. The van der Waals surface area contributed by atoms with Gasteiger partial charge in [-0.3, -0.25) is 0 Å². The first-order valence-corrected chi connectivity index (χ1v) is 10.6. The molecule has 0 bridgehead atoms. The molecule has 0 saturated heterocycles. The van der Waals surface area contributed by atoms with E-state index in [9.17, 15) is 5.11 Å². The summed E-state index contributed by atoms with van der Waals surface area (Å²) in [5.41, 5.74) is 3.66. The van der Waals surface area contributed by atoms with E-state index in [1.807, 2.05) is 62.4 Å². The molecule has 0 radical (unpaired) electrons. The smallest absolute Gasteiger partial charge is 0.309 e. The van der Waals surface area contributed by atoms with Crippen LogP contribution in [0.4, 0.5) is 0 Å². The molecule has 6 nitrogen and oxygen atoms in total. The Hall–Kier alpha value is -3.29. The van der Waals surface area contributed by atoms with Gasteiger partial charge in [0.25, 0.3) is 0 Å². The molecule has 3 aromatic carbocycles. The Morgan fingerprint density at radius 1 is 0.844 bits per heavy atom. The first-order valence-electron chi connectivity index (χ1n) is 10.6. The highest BCUT2D eigenvalue weighted by atomic mass is 16.6. The highest BCUT2D eigenvalue weighted by Gasteiger charge is 2.35. The largest absolute Gasteiger partial charge is 0.427 e. The zero-order valence-electron chi connectivity index (χ0n) is 18.6. The Kier molecular flexibility index (Phi) is 4.76. The van der Waals surface area contributed by atoms with Gasteiger partial charge < -0.3 is 9.76 Å². The molecule has 0 spiro atoms. The molecule has 2 heterocycles. The second kappa shape index (κ2) is 7.40. The zero-order chi connectivity index (χ0) is 22.5. The van der Waals surface area contributed by atoms with Gasteiger partial charge in [0.1, 0.15) is 11.0 Å². The van der Waals surface area contributed by atoms with Gasteiger partial charge in [-0.1, -0.05) is 47.9 Å². The summed E-state index contributed by atoms with van der Waals surface area (Å²) >= 11 is 0. The number of hydrogen-bond donors (Lipinski definition) is 1. The van der Waals surface area contributed by atoms with E-state index in [0.717, 1.165) is 49.4 Å². The van der Waals surface area contributed by atoms with E-state index in [4.69, 9.17) is 14.3 Å². The summed E-state index contributed by atoms with van der Waals surface area (Å²) < 4.78 is 11.0. The summed E-state index contributed by atoms with van der Waals surface area (Å²) in [4.78, 5) is 4.97. The van der Waals surface area contributed by atoms with E-state index in [-0.39, 0.29) is 0 Å². The van der Waals surface area contributed by atoms with Crippen LogP contribution in [0.5, 0.6) is 0 Å². The molecule has 5 rings (SSSR count). The van der Waals surface area contributed by atoms with Crippen molar-refractivity contribution in [1.29, 1.82) is 0 Å². The number of para-hydroxylation sites is 1. The predicted octanol–water partition coefficient (Wildman–Crippen LogP) is 4.13. The Morgan fingerprint density at radius 3 is 2.34 bits per heavy atom. The quantitative estimate of drug-likeness (QED) is 0.337. The number of pyridine rings is 1. The van der Waals surface area contributed by atoms with Crippen LogP contribution in [0, 0.1) is 0 Å². The fraction of sp³-hybridized carbons (Fsp3) is 0.240. The van der Waals surface area contributed by atoms with Crippen molar-refractivity contribution in [2.75, 3.05) is 0 Å². The average molecular weight is 425 g/mol. The fourth-order valence-corrected chi connectivity index (χ4v) is 3.70. The summed E-state index contributed by atoms with van der Waals surface area (Å²) in [7, 11) is 0.411. The molecule has 5 aromatic rings. The molecule has 0 saturated carbocycles. The molecule has 0 amide bonds.